The second-order valence-corrected chi connectivity index (χ2v) is 9.36. The van der Waals surface area contributed by atoms with Gasteiger partial charge >= 0.3 is 15.6 Å². The number of terminal acetylenes is 1. The normalized spacial score (nSPS) is 15.0. The van der Waals surface area contributed by atoms with Crippen molar-refractivity contribution in [3.63, 3.8) is 0 Å². The Morgan fingerprint density at radius 3 is 1.32 bits per heavy atom. The van der Waals surface area contributed by atoms with E-state index in [0.717, 1.165) is 13.5 Å². The summed E-state index contributed by atoms with van der Waals surface area (Å²) in [4.78, 5) is 18.5. The molecule has 0 aromatic rings. The molecule has 0 bridgehead atoms. The summed E-state index contributed by atoms with van der Waals surface area (Å²) in [7, 11) is -6.93. The molecule has 0 rings (SSSR count). The first kappa shape index (κ1) is 33.6. The molecule has 0 heterocycles. The summed E-state index contributed by atoms with van der Waals surface area (Å²) in [5, 5.41) is 0. The summed E-state index contributed by atoms with van der Waals surface area (Å²) < 4.78 is 67.4. The van der Waals surface area contributed by atoms with E-state index in [0.29, 0.717) is 65.7 Å². The molecule has 0 aromatic heterocycles. The predicted molar refractivity (Wildman–Crippen MR) is 121 cm³/mol. The molecule has 0 aliphatic carbocycles. The van der Waals surface area contributed by atoms with Gasteiger partial charge in [-0.3, -0.25) is 18.1 Å². The Labute approximate surface area is 201 Å². The lowest BCUT2D eigenvalue weighted by molar-refractivity contribution is -0.0154. The zero-order valence-corrected chi connectivity index (χ0v) is 21.5. The minimum absolute atomic E-state index is 0.0576. The molecule has 0 aromatic carbocycles. The van der Waals surface area contributed by atoms with Crippen molar-refractivity contribution in [3.05, 3.63) is 0 Å². The lowest BCUT2D eigenvalue weighted by atomic mass is 10.2. The van der Waals surface area contributed by atoms with Gasteiger partial charge in [0.25, 0.3) is 0 Å². The van der Waals surface area contributed by atoms with Crippen LogP contribution in [0.3, 0.4) is 0 Å². The van der Waals surface area contributed by atoms with E-state index in [1.165, 1.54) is 0 Å². The standard InChI is InChI=1S/C19H38O13P2/c1-3-4-5-6-7-30-34(22,23)32-19-17-29-15-13-27-11-9-25-8-10-26-12-14-28-16-18-31-33(20,21)24-2/h1H,4-19H2,2H3,(H,20,21)(H,22,23). The molecule has 0 aliphatic heterocycles. The van der Waals surface area contributed by atoms with Crippen molar-refractivity contribution in [1.29, 1.82) is 0 Å². The molecule has 2 unspecified atom stereocenters. The third-order valence-corrected chi connectivity index (χ3v) is 5.64. The van der Waals surface area contributed by atoms with Gasteiger partial charge in [-0.05, 0) is 12.8 Å². The van der Waals surface area contributed by atoms with E-state index in [4.69, 9.17) is 44.0 Å². The maximum Gasteiger partial charge on any atom is 0.472 e. The molecule has 0 radical (unpaired) electrons. The molecule has 0 spiro atoms. The smallest absolute Gasteiger partial charge is 0.377 e. The number of phosphoric ester groups is 2. The number of ether oxygens (including phenoxy) is 5. The fourth-order valence-corrected chi connectivity index (χ4v) is 3.15. The van der Waals surface area contributed by atoms with Gasteiger partial charge in [-0.2, -0.15) is 0 Å². The minimum atomic E-state index is -4.06. The van der Waals surface area contributed by atoms with Crippen molar-refractivity contribution >= 4 is 15.6 Å². The summed E-state index contributed by atoms with van der Waals surface area (Å²) in [5.41, 5.74) is 0. The molecule has 2 atom stereocenters. The maximum absolute atomic E-state index is 11.6. The highest BCUT2D eigenvalue weighted by Crippen LogP contribution is 2.43. The number of phosphoric acid groups is 2. The largest absolute Gasteiger partial charge is 0.472 e. The van der Waals surface area contributed by atoms with E-state index in [9.17, 15) is 14.0 Å². The first-order valence-corrected chi connectivity index (χ1v) is 13.8. The van der Waals surface area contributed by atoms with E-state index in [2.05, 4.69) is 15.0 Å². The Kier molecular flexibility index (Phi) is 22.7. The van der Waals surface area contributed by atoms with Gasteiger partial charge in [0.1, 0.15) is 0 Å². The highest BCUT2D eigenvalue weighted by molar-refractivity contribution is 7.47. The van der Waals surface area contributed by atoms with Crippen molar-refractivity contribution in [2.45, 2.75) is 19.3 Å². The Morgan fingerprint density at radius 2 is 0.941 bits per heavy atom. The Morgan fingerprint density at radius 1 is 0.588 bits per heavy atom. The molecule has 34 heavy (non-hydrogen) atoms. The zero-order chi connectivity index (χ0) is 25.4. The van der Waals surface area contributed by atoms with Crippen LogP contribution in [0.15, 0.2) is 0 Å². The molecule has 0 amide bonds. The van der Waals surface area contributed by atoms with E-state index in [1.54, 1.807) is 0 Å². The number of hydrogen-bond acceptors (Lipinski definition) is 11. The predicted octanol–water partition coefficient (Wildman–Crippen LogP) is 1.77. The molecule has 0 aliphatic rings. The average Bonchev–Trinajstić information content (AvgIpc) is 2.80. The van der Waals surface area contributed by atoms with Crippen molar-refractivity contribution in [3.8, 4) is 12.3 Å². The summed E-state index contributed by atoms with van der Waals surface area (Å²) in [6, 6.07) is 0. The highest BCUT2D eigenvalue weighted by atomic mass is 31.2. The summed E-state index contributed by atoms with van der Waals surface area (Å²) in [6.45, 7) is 3.15. The summed E-state index contributed by atoms with van der Waals surface area (Å²) in [5.74, 6) is 2.48. The van der Waals surface area contributed by atoms with Gasteiger partial charge < -0.3 is 33.5 Å². The fraction of sp³-hybridized carbons (Fsp3) is 0.895. The van der Waals surface area contributed by atoms with E-state index in [1.807, 2.05) is 0 Å². The van der Waals surface area contributed by atoms with Crippen LogP contribution < -0.4 is 0 Å². The van der Waals surface area contributed by atoms with Crippen LogP contribution in [0.1, 0.15) is 19.3 Å². The molecule has 2 N–H and O–H groups in total. The van der Waals surface area contributed by atoms with Gasteiger partial charge in [0.2, 0.25) is 0 Å². The van der Waals surface area contributed by atoms with Crippen molar-refractivity contribution in [2.75, 3.05) is 93.0 Å². The molecule has 13 nitrogen and oxygen atoms in total. The van der Waals surface area contributed by atoms with Crippen LogP contribution in [0, 0.1) is 12.3 Å². The number of rotatable bonds is 26. The van der Waals surface area contributed by atoms with Gasteiger partial charge in [-0.1, -0.05) is 0 Å². The molecule has 0 fully saturated rings. The SMILES string of the molecule is C#CCCCCOP(=O)(O)OCCOCCOCCOCCOCCOCCOP(=O)(O)OC. The van der Waals surface area contributed by atoms with Crippen LogP contribution in [0.5, 0.6) is 0 Å². The van der Waals surface area contributed by atoms with Crippen LogP contribution in [-0.4, -0.2) is 103 Å². The molecule has 202 valence electrons. The van der Waals surface area contributed by atoms with Gasteiger partial charge in [-0.15, -0.1) is 12.3 Å². The van der Waals surface area contributed by atoms with Crippen molar-refractivity contribution in [1.82, 2.24) is 0 Å². The Bertz CT molecular complexity index is 599. The molecular formula is C19H38O13P2. The monoisotopic (exact) mass is 536 g/mol. The minimum Gasteiger partial charge on any atom is -0.377 e. The van der Waals surface area contributed by atoms with Crippen LogP contribution in [-0.2, 0) is 50.9 Å². The number of hydrogen-bond donors (Lipinski definition) is 2. The molecule has 0 saturated heterocycles. The van der Waals surface area contributed by atoms with E-state index in [-0.39, 0.29) is 33.0 Å². The summed E-state index contributed by atoms with van der Waals surface area (Å²) in [6.07, 6.45) is 7.02. The van der Waals surface area contributed by atoms with E-state index < -0.39 is 15.6 Å². The lowest BCUT2D eigenvalue weighted by Gasteiger charge is -2.12. The lowest BCUT2D eigenvalue weighted by Crippen LogP contribution is -2.14. The van der Waals surface area contributed by atoms with Crippen LogP contribution in [0.4, 0.5) is 0 Å². The van der Waals surface area contributed by atoms with Gasteiger partial charge in [-0.25, -0.2) is 9.13 Å². The zero-order valence-electron chi connectivity index (χ0n) is 19.7. The first-order valence-electron chi connectivity index (χ1n) is 10.8. The molecule has 0 saturated carbocycles. The summed E-state index contributed by atoms with van der Waals surface area (Å²) >= 11 is 0. The average molecular weight is 536 g/mol. The molecule has 15 heteroatoms. The third kappa shape index (κ3) is 24.7. The van der Waals surface area contributed by atoms with Gasteiger partial charge in [0.15, 0.2) is 0 Å². The van der Waals surface area contributed by atoms with Gasteiger partial charge in [0, 0.05) is 13.5 Å². The quantitative estimate of drug-likeness (QED) is 0.0937. The fourth-order valence-electron chi connectivity index (χ4n) is 2.00. The Balaban J connectivity index is 3.26. The maximum atomic E-state index is 11.6. The second kappa shape index (κ2) is 23.0. The highest BCUT2D eigenvalue weighted by Gasteiger charge is 2.20. The van der Waals surface area contributed by atoms with Crippen LogP contribution >= 0.6 is 15.6 Å². The van der Waals surface area contributed by atoms with Crippen LogP contribution in [0.2, 0.25) is 0 Å². The van der Waals surface area contributed by atoms with Crippen LogP contribution in [0.25, 0.3) is 0 Å². The van der Waals surface area contributed by atoms with Crippen molar-refractivity contribution < 1.29 is 60.7 Å². The van der Waals surface area contributed by atoms with E-state index >= 15 is 0 Å². The first-order chi connectivity index (χ1) is 16.3. The topological polar surface area (TPSA) is 158 Å². The number of unbranched alkanes of at least 4 members (excludes halogenated alkanes) is 2. The van der Waals surface area contributed by atoms with Crippen molar-refractivity contribution in [2.24, 2.45) is 0 Å². The Hall–Kier alpha value is -0.420. The second-order valence-electron chi connectivity index (χ2n) is 6.34. The van der Waals surface area contributed by atoms with Gasteiger partial charge in [0.05, 0.1) is 85.9 Å². The molecular weight excluding hydrogens is 498 g/mol. The third-order valence-electron chi connectivity index (χ3n) is 3.65.